The average molecular weight is 745 g/mol. The number of benzene rings is 8. The molecule has 0 atom stereocenters. The Morgan fingerprint density at radius 1 is 0.483 bits per heavy atom. The molecule has 0 aliphatic rings. The van der Waals surface area contributed by atoms with Crippen LogP contribution in [0, 0.1) is 0 Å². The Morgan fingerprint density at radius 3 is 1.79 bits per heavy atom. The molecule has 0 fully saturated rings. The highest BCUT2D eigenvalue weighted by molar-refractivity contribution is 6.28. The van der Waals surface area contributed by atoms with Crippen molar-refractivity contribution in [1.29, 1.82) is 0 Å². The number of rotatable bonds is 10. The van der Waals surface area contributed by atoms with Crippen LogP contribution in [0.15, 0.2) is 216 Å². The Kier molecular flexibility index (Phi) is 9.13. The van der Waals surface area contributed by atoms with Crippen molar-refractivity contribution in [1.82, 2.24) is 9.13 Å². The topological polar surface area (TPSA) is 34.6 Å². The maximum atomic E-state index is 5.38. The summed E-state index contributed by atoms with van der Waals surface area (Å²) in [5.41, 5.74) is 14.3. The molecule has 10 rings (SSSR count). The molecular weight excluding hydrogens is 705 g/mol. The van der Waals surface area contributed by atoms with Crippen molar-refractivity contribution in [2.24, 2.45) is 9.98 Å². The molecule has 8 aromatic carbocycles. The lowest BCUT2D eigenvalue weighted by molar-refractivity contribution is 0.869. The largest absolute Gasteiger partial charge is 0.336 e. The van der Waals surface area contributed by atoms with Gasteiger partial charge >= 0.3 is 0 Å². The van der Waals surface area contributed by atoms with Gasteiger partial charge in [0.2, 0.25) is 0 Å². The minimum atomic E-state index is 0.467. The first kappa shape index (κ1) is 34.9. The zero-order chi connectivity index (χ0) is 38.8. The maximum Gasteiger partial charge on any atom is 0.0716 e. The molecule has 10 aromatic rings. The van der Waals surface area contributed by atoms with Crippen LogP contribution in [-0.2, 0) is 13.1 Å². The van der Waals surface area contributed by atoms with E-state index in [0.29, 0.717) is 6.54 Å². The van der Waals surface area contributed by atoms with Crippen molar-refractivity contribution in [2.45, 2.75) is 13.1 Å². The summed E-state index contributed by atoms with van der Waals surface area (Å²) in [6.45, 7) is 5.21. The van der Waals surface area contributed by atoms with Gasteiger partial charge < -0.3 is 9.13 Å². The van der Waals surface area contributed by atoms with Crippen molar-refractivity contribution in [3.05, 3.63) is 229 Å². The summed E-state index contributed by atoms with van der Waals surface area (Å²) in [7, 11) is 0. The normalized spacial score (nSPS) is 12.2. The van der Waals surface area contributed by atoms with Crippen LogP contribution in [0.1, 0.15) is 22.3 Å². The summed E-state index contributed by atoms with van der Waals surface area (Å²) in [4.78, 5) is 9.85. The molecule has 58 heavy (non-hydrogen) atoms. The Hall–Kier alpha value is -7.56. The van der Waals surface area contributed by atoms with Crippen LogP contribution >= 0.6 is 0 Å². The number of para-hydroxylation sites is 3. The fraction of sp³-hybridized carbons (Fsp3) is 0.0370. The van der Waals surface area contributed by atoms with Crippen LogP contribution in [0.5, 0.6) is 0 Å². The van der Waals surface area contributed by atoms with Crippen molar-refractivity contribution in [3.63, 3.8) is 0 Å². The third-order valence-electron chi connectivity index (χ3n) is 11.2. The minimum absolute atomic E-state index is 0.467. The van der Waals surface area contributed by atoms with E-state index in [0.717, 1.165) is 45.9 Å². The highest BCUT2D eigenvalue weighted by Crippen LogP contribution is 2.42. The maximum absolute atomic E-state index is 5.38. The fourth-order valence-electron chi connectivity index (χ4n) is 8.47. The van der Waals surface area contributed by atoms with E-state index in [-0.39, 0.29) is 0 Å². The summed E-state index contributed by atoms with van der Waals surface area (Å²) in [6, 6.07) is 71.0. The van der Waals surface area contributed by atoms with Gasteiger partial charge in [0.15, 0.2) is 0 Å². The molecule has 0 saturated carbocycles. The van der Waals surface area contributed by atoms with Gasteiger partial charge in [0.05, 0.1) is 40.2 Å². The molecule has 0 bridgehead atoms. The zero-order valence-electron chi connectivity index (χ0n) is 32.0. The van der Waals surface area contributed by atoms with Gasteiger partial charge in [-0.05, 0) is 70.9 Å². The number of hydrogen-bond acceptors (Lipinski definition) is 2. The van der Waals surface area contributed by atoms with E-state index in [1.54, 1.807) is 0 Å². The summed E-state index contributed by atoms with van der Waals surface area (Å²) >= 11 is 0. The molecule has 2 aromatic heterocycles. The smallest absolute Gasteiger partial charge is 0.0716 e. The van der Waals surface area contributed by atoms with Crippen LogP contribution in [0.4, 0.5) is 0 Å². The molecule has 0 aliphatic carbocycles. The van der Waals surface area contributed by atoms with E-state index in [4.69, 9.17) is 4.99 Å². The first-order valence-electron chi connectivity index (χ1n) is 19.7. The van der Waals surface area contributed by atoms with Crippen molar-refractivity contribution in [3.8, 4) is 16.8 Å². The monoisotopic (exact) mass is 744 g/mol. The van der Waals surface area contributed by atoms with E-state index in [9.17, 15) is 0 Å². The highest BCUT2D eigenvalue weighted by atomic mass is 15.0. The standard InChI is InChI=1S/C54H40N4/c1-55-46(41-21-9-4-10-22-41)35-47(42-31-29-40(30-32-42)39-19-7-3-8-20-39)56-36-43-23-11-14-26-48(43)58-50-28-16-13-25-45(50)54-52(58)34-33-51-53(54)44-24-12-15-27-49(44)57(51)37-38-17-5-2-6-18-38/h2-35H,1,36-37H2/b46-35-,56-47+. The third-order valence-corrected chi connectivity index (χ3v) is 11.2. The van der Waals surface area contributed by atoms with Gasteiger partial charge in [0.25, 0.3) is 0 Å². The molecule has 0 radical (unpaired) electrons. The molecule has 0 aliphatic heterocycles. The van der Waals surface area contributed by atoms with Gasteiger partial charge in [0, 0.05) is 39.2 Å². The lowest BCUT2D eigenvalue weighted by Crippen LogP contribution is -2.03. The summed E-state index contributed by atoms with van der Waals surface area (Å²) < 4.78 is 4.90. The molecule has 4 heteroatoms. The fourth-order valence-corrected chi connectivity index (χ4v) is 8.47. The highest BCUT2D eigenvalue weighted by Gasteiger charge is 2.21. The van der Waals surface area contributed by atoms with Crippen LogP contribution in [-0.4, -0.2) is 21.6 Å². The Morgan fingerprint density at radius 2 is 1.05 bits per heavy atom. The molecule has 0 amide bonds. The molecule has 0 spiro atoms. The van der Waals surface area contributed by atoms with Gasteiger partial charge in [-0.1, -0.05) is 170 Å². The average Bonchev–Trinajstić information content (AvgIpc) is 3.80. The second-order valence-corrected chi connectivity index (χ2v) is 14.6. The number of nitrogens with zero attached hydrogens (tertiary/aromatic N) is 4. The van der Waals surface area contributed by atoms with E-state index < -0.39 is 0 Å². The van der Waals surface area contributed by atoms with Crippen molar-refractivity contribution < 1.29 is 0 Å². The first-order chi connectivity index (χ1) is 28.7. The Labute approximate surface area is 338 Å². The third kappa shape index (κ3) is 6.31. The summed E-state index contributed by atoms with van der Waals surface area (Å²) in [6.07, 6.45) is 2.06. The molecule has 2 heterocycles. The second-order valence-electron chi connectivity index (χ2n) is 14.6. The van der Waals surface area contributed by atoms with E-state index in [1.165, 1.54) is 54.7 Å². The molecule has 0 unspecified atom stereocenters. The number of aliphatic imine (C=N–C) groups is 2. The van der Waals surface area contributed by atoms with Crippen LogP contribution in [0.2, 0.25) is 0 Å². The van der Waals surface area contributed by atoms with Gasteiger partial charge in [-0.2, -0.15) is 0 Å². The van der Waals surface area contributed by atoms with Crippen molar-refractivity contribution in [2.75, 3.05) is 0 Å². The first-order valence-corrected chi connectivity index (χ1v) is 19.7. The molecule has 0 N–H and O–H groups in total. The van der Waals surface area contributed by atoms with Gasteiger partial charge in [-0.15, -0.1) is 0 Å². The van der Waals surface area contributed by atoms with E-state index in [1.807, 2.05) is 24.3 Å². The molecular formula is C54H40N4. The van der Waals surface area contributed by atoms with Crippen molar-refractivity contribution >= 4 is 61.7 Å². The summed E-state index contributed by atoms with van der Waals surface area (Å²) in [5, 5.41) is 5.04. The quantitative estimate of drug-likeness (QED) is 0.125. The number of fused-ring (bicyclic) bond motifs is 7. The van der Waals surface area contributed by atoms with Gasteiger partial charge in [0.1, 0.15) is 0 Å². The van der Waals surface area contributed by atoms with Gasteiger partial charge in [-0.25, -0.2) is 0 Å². The number of aromatic nitrogens is 2. The van der Waals surface area contributed by atoms with Crippen LogP contribution in [0.25, 0.3) is 66.1 Å². The van der Waals surface area contributed by atoms with E-state index >= 15 is 0 Å². The van der Waals surface area contributed by atoms with Crippen LogP contribution in [0.3, 0.4) is 0 Å². The second kappa shape index (κ2) is 15.2. The minimum Gasteiger partial charge on any atom is -0.336 e. The zero-order valence-corrected chi connectivity index (χ0v) is 32.0. The Bertz CT molecular complexity index is 3150. The van der Waals surface area contributed by atoms with E-state index in [2.05, 4.69) is 203 Å². The Balaban J connectivity index is 1.13. The summed E-state index contributed by atoms with van der Waals surface area (Å²) in [5.74, 6) is 0. The predicted octanol–water partition coefficient (Wildman–Crippen LogP) is 13.3. The van der Waals surface area contributed by atoms with Crippen LogP contribution < -0.4 is 0 Å². The van der Waals surface area contributed by atoms with Gasteiger partial charge in [-0.3, -0.25) is 9.98 Å². The number of hydrogen-bond donors (Lipinski definition) is 0. The lowest BCUT2D eigenvalue weighted by Gasteiger charge is -2.14. The SMILES string of the molecule is C=N/C(=C\C(=N/Cc1ccccc1-n1c2ccccc2c2c3c4ccccc4n(Cc4ccccc4)c3ccc21)c1ccc(-c2ccccc2)cc1)c1ccccc1. The molecule has 4 nitrogen and oxygen atoms in total. The predicted molar refractivity (Wildman–Crippen MR) is 245 cm³/mol. The molecule has 0 saturated heterocycles. The lowest BCUT2D eigenvalue weighted by atomic mass is 10.0. The molecule has 276 valence electrons. The number of allylic oxidation sites excluding steroid dienone is 1.